The number of hydrogen-bond donors (Lipinski definition) is 1. The molecule has 3 rings (SSSR count). The normalized spacial score (nSPS) is 11.3. The predicted octanol–water partition coefficient (Wildman–Crippen LogP) is 2.98. The number of H-pyrrole nitrogens is 1. The molecule has 3 heterocycles. The number of aromatic nitrogens is 5. The third-order valence-corrected chi connectivity index (χ3v) is 3.93. The van der Waals surface area contributed by atoms with Crippen molar-refractivity contribution in [1.82, 2.24) is 24.3 Å². The number of imidazole rings is 1. The molecule has 5 nitrogen and oxygen atoms in total. The highest BCUT2D eigenvalue weighted by Crippen LogP contribution is 2.20. The van der Waals surface area contributed by atoms with E-state index in [0.717, 1.165) is 28.2 Å². The largest absolute Gasteiger partial charge is 0.328 e. The van der Waals surface area contributed by atoms with Gasteiger partial charge in [0.15, 0.2) is 10.4 Å². The molecule has 0 atom stereocenters. The molecule has 20 heavy (non-hydrogen) atoms. The van der Waals surface area contributed by atoms with Crippen molar-refractivity contribution in [3.63, 3.8) is 0 Å². The molecule has 0 amide bonds. The Morgan fingerprint density at radius 2 is 2.15 bits per heavy atom. The molecule has 0 saturated heterocycles. The topological polar surface area (TPSA) is 51.4 Å². The quantitative estimate of drug-likeness (QED) is 0.753. The van der Waals surface area contributed by atoms with Gasteiger partial charge >= 0.3 is 0 Å². The van der Waals surface area contributed by atoms with Gasteiger partial charge in [-0.3, -0.25) is 9.55 Å². The monoisotopic (exact) mass is 287 g/mol. The second-order valence-corrected chi connectivity index (χ2v) is 5.30. The maximum absolute atomic E-state index is 5.46. The molecule has 0 spiro atoms. The highest BCUT2D eigenvalue weighted by Gasteiger charge is 2.14. The van der Waals surface area contributed by atoms with Gasteiger partial charge in [-0.25, -0.2) is 4.68 Å². The van der Waals surface area contributed by atoms with Crippen LogP contribution in [-0.2, 0) is 13.1 Å². The number of pyridine rings is 1. The van der Waals surface area contributed by atoms with Crippen LogP contribution in [-0.4, -0.2) is 24.3 Å². The van der Waals surface area contributed by atoms with Gasteiger partial charge in [-0.1, -0.05) is 0 Å². The van der Waals surface area contributed by atoms with Gasteiger partial charge in [0.25, 0.3) is 0 Å². The molecule has 0 saturated carbocycles. The minimum Gasteiger partial charge on any atom is -0.328 e. The van der Waals surface area contributed by atoms with Gasteiger partial charge in [-0.05, 0) is 50.2 Å². The molecule has 0 fully saturated rings. The summed E-state index contributed by atoms with van der Waals surface area (Å²) in [5.74, 6) is 0. The van der Waals surface area contributed by atoms with E-state index in [1.165, 1.54) is 11.1 Å². The summed E-state index contributed by atoms with van der Waals surface area (Å²) in [4.78, 5) is 7.47. The molecule has 0 aliphatic heterocycles. The summed E-state index contributed by atoms with van der Waals surface area (Å²) in [6, 6.07) is 2.02. The molecule has 0 aliphatic rings. The average Bonchev–Trinajstić information content (AvgIpc) is 2.91. The molecule has 104 valence electrons. The van der Waals surface area contributed by atoms with Crippen molar-refractivity contribution in [2.75, 3.05) is 0 Å². The van der Waals surface area contributed by atoms with E-state index in [1.54, 1.807) is 0 Å². The first-order chi connectivity index (χ1) is 9.61. The standard InChI is InChI=1S/C14H17N5S/c1-4-19-13-12(10(3)17-19)16-14(20)18(13)8-11-7-15-6-5-9(11)2/h5-7H,4,8H2,1-3H3,(H,16,20). The van der Waals surface area contributed by atoms with E-state index in [1.807, 2.05) is 30.1 Å². The van der Waals surface area contributed by atoms with Crippen molar-refractivity contribution in [1.29, 1.82) is 0 Å². The van der Waals surface area contributed by atoms with Gasteiger partial charge in [0, 0.05) is 18.9 Å². The second kappa shape index (κ2) is 4.86. The minimum atomic E-state index is 0.712. The Hall–Kier alpha value is -1.95. The summed E-state index contributed by atoms with van der Waals surface area (Å²) < 4.78 is 4.81. The van der Waals surface area contributed by atoms with Crippen LogP contribution in [0.1, 0.15) is 23.7 Å². The molecule has 0 aromatic carbocycles. The van der Waals surface area contributed by atoms with Gasteiger partial charge in [0.2, 0.25) is 0 Å². The van der Waals surface area contributed by atoms with Gasteiger partial charge in [0.05, 0.1) is 12.2 Å². The van der Waals surface area contributed by atoms with E-state index in [4.69, 9.17) is 12.2 Å². The van der Waals surface area contributed by atoms with Crippen molar-refractivity contribution in [2.24, 2.45) is 0 Å². The maximum Gasteiger partial charge on any atom is 0.179 e. The van der Waals surface area contributed by atoms with E-state index in [9.17, 15) is 0 Å². The summed E-state index contributed by atoms with van der Waals surface area (Å²) >= 11 is 5.46. The van der Waals surface area contributed by atoms with Gasteiger partial charge in [-0.2, -0.15) is 5.10 Å². The zero-order chi connectivity index (χ0) is 14.3. The highest BCUT2D eigenvalue weighted by molar-refractivity contribution is 7.71. The Kier molecular flexibility index (Phi) is 3.17. The van der Waals surface area contributed by atoms with Gasteiger partial charge < -0.3 is 4.98 Å². The molecule has 6 heteroatoms. The molecule has 0 radical (unpaired) electrons. The van der Waals surface area contributed by atoms with Crippen LogP contribution in [0.25, 0.3) is 11.2 Å². The van der Waals surface area contributed by atoms with E-state index in [2.05, 4.69) is 33.5 Å². The van der Waals surface area contributed by atoms with Gasteiger partial charge in [0.1, 0.15) is 5.52 Å². The molecule has 3 aromatic rings. The molecule has 3 aromatic heterocycles. The summed E-state index contributed by atoms with van der Waals surface area (Å²) in [5, 5.41) is 4.54. The van der Waals surface area contributed by atoms with Crippen LogP contribution in [0, 0.1) is 18.6 Å². The van der Waals surface area contributed by atoms with Crippen LogP contribution in [0.4, 0.5) is 0 Å². The van der Waals surface area contributed by atoms with Crippen LogP contribution in [0.15, 0.2) is 18.5 Å². The van der Waals surface area contributed by atoms with Crippen molar-refractivity contribution in [2.45, 2.75) is 33.9 Å². The fraction of sp³-hybridized carbons (Fsp3) is 0.357. The lowest BCUT2D eigenvalue weighted by Crippen LogP contribution is -2.07. The Balaban J connectivity index is 2.19. The molecule has 0 aliphatic carbocycles. The van der Waals surface area contributed by atoms with E-state index in [0.29, 0.717) is 6.54 Å². The third kappa shape index (κ3) is 1.96. The Bertz CT molecular complexity index is 824. The van der Waals surface area contributed by atoms with E-state index < -0.39 is 0 Å². The van der Waals surface area contributed by atoms with Crippen molar-refractivity contribution in [3.8, 4) is 0 Å². The lowest BCUT2D eigenvalue weighted by Gasteiger charge is -2.08. The number of hydrogen-bond acceptors (Lipinski definition) is 3. The average molecular weight is 287 g/mol. The molecule has 1 N–H and O–H groups in total. The molecular weight excluding hydrogens is 270 g/mol. The SMILES string of the molecule is CCn1nc(C)c2[nH]c(=S)n(Cc3cnccc3C)c21. The van der Waals surface area contributed by atoms with Crippen LogP contribution in [0.2, 0.25) is 0 Å². The number of rotatable bonds is 3. The van der Waals surface area contributed by atoms with Crippen LogP contribution in [0.5, 0.6) is 0 Å². The van der Waals surface area contributed by atoms with Crippen molar-refractivity contribution >= 4 is 23.4 Å². The van der Waals surface area contributed by atoms with Crippen LogP contribution >= 0.6 is 12.2 Å². The minimum absolute atomic E-state index is 0.712. The summed E-state index contributed by atoms with van der Waals surface area (Å²) in [6.45, 7) is 7.71. The second-order valence-electron chi connectivity index (χ2n) is 4.92. The summed E-state index contributed by atoms with van der Waals surface area (Å²) in [5.41, 5.74) is 5.45. The fourth-order valence-electron chi connectivity index (χ4n) is 2.46. The Labute approximate surface area is 122 Å². The Morgan fingerprint density at radius 1 is 1.35 bits per heavy atom. The molecule has 0 unspecified atom stereocenters. The predicted molar refractivity (Wildman–Crippen MR) is 81.4 cm³/mol. The van der Waals surface area contributed by atoms with Crippen LogP contribution in [0.3, 0.4) is 0 Å². The lowest BCUT2D eigenvalue weighted by molar-refractivity contribution is 0.642. The maximum atomic E-state index is 5.46. The van der Waals surface area contributed by atoms with Crippen molar-refractivity contribution in [3.05, 3.63) is 40.1 Å². The number of nitrogens with one attached hydrogen (secondary N) is 1. The van der Waals surface area contributed by atoms with Crippen LogP contribution < -0.4 is 0 Å². The number of fused-ring (bicyclic) bond motifs is 1. The zero-order valence-corrected chi connectivity index (χ0v) is 12.7. The summed E-state index contributed by atoms with van der Waals surface area (Å²) in [7, 11) is 0. The number of aromatic amines is 1. The fourth-order valence-corrected chi connectivity index (χ4v) is 2.71. The number of aryl methyl sites for hydroxylation is 3. The van der Waals surface area contributed by atoms with E-state index >= 15 is 0 Å². The molecular formula is C14H17N5S. The first-order valence-electron chi connectivity index (χ1n) is 6.67. The van der Waals surface area contributed by atoms with Crippen molar-refractivity contribution < 1.29 is 0 Å². The first kappa shape index (κ1) is 13.1. The Morgan fingerprint density at radius 3 is 2.85 bits per heavy atom. The smallest absolute Gasteiger partial charge is 0.179 e. The summed E-state index contributed by atoms with van der Waals surface area (Å²) in [6.07, 6.45) is 3.71. The first-order valence-corrected chi connectivity index (χ1v) is 7.08. The molecule has 0 bridgehead atoms. The number of nitrogens with zero attached hydrogens (tertiary/aromatic N) is 4. The van der Waals surface area contributed by atoms with E-state index in [-0.39, 0.29) is 0 Å². The lowest BCUT2D eigenvalue weighted by atomic mass is 10.1. The third-order valence-electron chi connectivity index (χ3n) is 3.61. The van der Waals surface area contributed by atoms with Gasteiger partial charge in [-0.15, -0.1) is 0 Å². The zero-order valence-electron chi connectivity index (χ0n) is 11.8. The highest BCUT2D eigenvalue weighted by atomic mass is 32.1.